The van der Waals surface area contributed by atoms with Crippen LogP contribution in [-0.4, -0.2) is 36.2 Å². The van der Waals surface area contributed by atoms with Crippen LogP contribution in [0.15, 0.2) is 24.3 Å². The van der Waals surface area contributed by atoms with E-state index >= 15 is 0 Å². The Labute approximate surface area is 106 Å². The van der Waals surface area contributed by atoms with Crippen molar-refractivity contribution in [3.8, 4) is 0 Å². The van der Waals surface area contributed by atoms with Gasteiger partial charge in [-0.2, -0.15) is 11.8 Å². The van der Waals surface area contributed by atoms with Crippen molar-refractivity contribution in [2.24, 2.45) is 5.73 Å². The summed E-state index contributed by atoms with van der Waals surface area (Å²) < 4.78 is 0. The van der Waals surface area contributed by atoms with Crippen LogP contribution in [0.3, 0.4) is 0 Å². The first kappa shape index (κ1) is 12.5. The van der Waals surface area contributed by atoms with Crippen LogP contribution in [0.1, 0.15) is 22.3 Å². The highest BCUT2D eigenvalue weighted by molar-refractivity contribution is 7.97. The highest BCUT2D eigenvalue weighted by atomic mass is 32.2. The Kier molecular flexibility index (Phi) is 4.07. The lowest BCUT2D eigenvalue weighted by Gasteiger charge is -2.15. The topological polar surface area (TPSA) is 46.3 Å². The quantitative estimate of drug-likeness (QED) is 0.888. The molecule has 2 N–H and O–H groups in total. The summed E-state index contributed by atoms with van der Waals surface area (Å²) in [6.45, 7) is 1.47. The molecule has 1 aliphatic rings. The molecule has 0 spiro atoms. The van der Waals surface area contributed by atoms with Crippen molar-refractivity contribution in [1.29, 1.82) is 0 Å². The molecule has 0 unspecified atom stereocenters. The molecule has 1 aliphatic heterocycles. The Morgan fingerprint density at radius 3 is 2.71 bits per heavy atom. The first-order chi connectivity index (χ1) is 8.20. The number of nitrogens with two attached hydrogens (primary N) is 1. The molecule has 2 rings (SSSR count). The lowest BCUT2D eigenvalue weighted by Crippen LogP contribution is -2.31. The van der Waals surface area contributed by atoms with Crippen molar-refractivity contribution in [2.75, 3.05) is 19.3 Å². The summed E-state index contributed by atoms with van der Waals surface area (Å²) in [6.07, 6.45) is 2.99. The minimum absolute atomic E-state index is 0.105. The maximum atomic E-state index is 12.1. The SMILES string of the molecule is CSCc1ccc(C(=O)N2CC[C@@H](N)C2)cc1. The molecule has 92 valence electrons. The van der Waals surface area contributed by atoms with Gasteiger partial charge in [0.1, 0.15) is 0 Å². The molecular formula is C13H18N2OS. The zero-order valence-electron chi connectivity index (χ0n) is 10.1. The predicted octanol–water partition coefficient (Wildman–Crippen LogP) is 1.72. The van der Waals surface area contributed by atoms with Crippen molar-refractivity contribution in [3.63, 3.8) is 0 Å². The number of hydrogen-bond donors (Lipinski definition) is 1. The fourth-order valence-electron chi connectivity index (χ4n) is 2.06. The molecule has 0 bridgehead atoms. The first-order valence-electron chi connectivity index (χ1n) is 5.83. The molecular weight excluding hydrogens is 232 g/mol. The van der Waals surface area contributed by atoms with E-state index in [9.17, 15) is 4.79 Å². The van der Waals surface area contributed by atoms with E-state index in [0.29, 0.717) is 6.54 Å². The van der Waals surface area contributed by atoms with Gasteiger partial charge in [-0.1, -0.05) is 12.1 Å². The number of nitrogens with zero attached hydrogens (tertiary/aromatic N) is 1. The average Bonchev–Trinajstić information content (AvgIpc) is 2.76. The molecule has 1 atom stereocenters. The Bertz CT molecular complexity index is 391. The van der Waals surface area contributed by atoms with E-state index < -0.39 is 0 Å². The summed E-state index contributed by atoms with van der Waals surface area (Å²) in [5.41, 5.74) is 7.83. The number of benzene rings is 1. The number of carbonyl (C=O) groups is 1. The Balaban J connectivity index is 2.04. The van der Waals surface area contributed by atoms with E-state index in [4.69, 9.17) is 5.73 Å². The monoisotopic (exact) mass is 250 g/mol. The van der Waals surface area contributed by atoms with E-state index in [1.807, 2.05) is 29.2 Å². The van der Waals surface area contributed by atoms with Gasteiger partial charge < -0.3 is 10.6 Å². The second-order valence-corrected chi connectivity index (χ2v) is 5.30. The molecule has 1 fully saturated rings. The third-order valence-electron chi connectivity index (χ3n) is 3.02. The lowest BCUT2D eigenvalue weighted by molar-refractivity contribution is 0.0791. The first-order valence-corrected chi connectivity index (χ1v) is 7.23. The number of likely N-dealkylation sites (tertiary alicyclic amines) is 1. The van der Waals surface area contributed by atoms with Gasteiger partial charge in [-0.25, -0.2) is 0 Å². The minimum atomic E-state index is 0.105. The van der Waals surface area contributed by atoms with Crippen molar-refractivity contribution in [1.82, 2.24) is 4.90 Å². The molecule has 0 aromatic heterocycles. The third-order valence-corrected chi connectivity index (χ3v) is 3.65. The molecule has 1 amide bonds. The summed E-state index contributed by atoms with van der Waals surface area (Å²) in [5, 5.41) is 0. The molecule has 3 nitrogen and oxygen atoms in total. The number of thioether (sulfide) groups is 1. The van der Waals surface area contributed by atoms with Crippen LogP contribution in [0, 0.1) is 0 Å². The molecule has 1 aromatic rings. The zero-order chi connectivity index (χ0) is 12.3. The van der Waals surface area contributed by atoms with Gasteiger partial charge in [0.05, 0.1) is 0 Å². The molecule has 0 aliphatic carbocycles. The van der Waals surface area contributed by atoms with Crippen molar-refractivity contribution >= 4 is 17.7 Å². The number of amides is 1. The second kappa shape index (κ2) is 5.56. The van der Waals surface area contributed by atoms with Gasteiger partial charge in [-0.05, 0) is 30.4 Å². The fraction of sp³-hybridized carbons (Fsp3) is 0.462. The van der Waals surface area contributed by atoms with Gasteiger partial charge >= 0.3 is 0 Å². The lowest BCUT2D eigenvalue weighted by atomic mass is 10.1. The van der Waals surface area contributed by atoms with Crippen molar-refractivity contribution < 1.29 is 4.79 Å². The van der Waals surface area contributed by atoms with Crippen LogP contribution < -0.4 is 5.73 Å². The predicted molar refractivity (Wildman–Crippen MR) is 72.2 cm³/mol. The maximum absolute atomic E-state index is 12.1. The normalized spacial score (nSPS) is 19.6. The van der Waals surface area contributed by atoms with Crippen LogP contribution in [0.25, 0.3) is 0 Å². The molecule has 0 saturated carbocycles. The standard InChI is InChI=1S/C13H18N2OS/c1-17-9-10-2-4-11(5-3-10)13(16)15-7-6-12(14)8-15/h2-5,12H,6-9,14H2,1H3/t12-/m1/s1. The van der Waals surface area contributed by atoms with Crippen LogP contribution in [0.2, 0.25) is 0 Å². The van der Waals surface area contributed by atoms with Gasteiger partial charge in [0.15, 0.2) is 0 Å². The van der Waals surface area contributed by atoms with Crippen LogP contribution in [-0.2, 0) is 5.75 Å². The maximum Gasteiger partial charge on any atom is 0.253 e. The number of rotatable bonds is 3. The van der Waals surface area contributed by atoms with Crippen molar-refractivity contribution in [2.45, 2.75) is 18.2 Å². The molecule has 1 heterocycles. The summed E-state index contributed by atoms with van der Waals surface area (Å²) in [5.74, 6) is 1.09. The van der Waals surface area contributed by atoms with Gasteiger partial charge in [-0.3, -0.25) is 4.79 Å². The van der Waals surface area contributed by atoms with Gasteiger partial charge in [0.25, 0.3) is 5.91 Å². The molecule has 4 heteroatoms. The van der Waals surface area contributed by atoms with Crippen LogP contribution in [0.5, 0.6) is 0 Å². The molecule has 17 heavy (non-hydrogen) atoms. The number of hydrogen-bond acceptors (Lipinski definition) is 3. The molecule has 1 aromatic carbocycles. The van der Waals surface area contributed by atoms with E-state index in [1.54, 1.807) is 11.8 Å². The van der Waals surface area contributed by atoms with Gasteiger partial charge in [-0.15, -0.1) is 0 Å². The summed E-state index contributed by atoms with van der Waals surface area (Å²) in [7, 11) is 0. The number of carbonyl (C=O) groups excluding carboxylic acids is 1. The van der Waals surface area contributed by atoms with E-state index in [1.165, 1.54) is 5.56 Å². The second-order valence-electron chi connectivity index (χ2n) is 4.43. The van der Waals surface area contributed by atoms with Crippen molar-refractivity contribution in [3.05, 3.63) is 35.4 Å². The smallest absolute Gasteiger partial charge is 0.253 e. The van der Waals surface area contributed by atoms with Crippen LogP contribution >= 0.6 is 11.8 Å². The Hall–Kier alpha value is -1.00. The fourth-order valence-corrected chi connectivity index (χ4v) is 2.59. The zero-order valence-corrected chi connectivity index (χ0v) is 10.9. The summed E-state index contributed by atoms with van der Waals surface area (Å²) >= 11 is 1.78. The largest absolute Gasteiger partial charge is 0.337 e. The van der Waals surface area contributed by atoms with E-state index in [0.717, 1.165) is 24.3 Å². The third kappa shape index (κ3) is 3.01. The van der Waals surface area contributed by atoms with E-state index in [-0.39, 0.29) is 11.9 Å². The minimum Gasteiger partial charge on any atom is -0.337 e. The summed E-state index contributed by atoms with van der Waals surface area (Å²) in [6, 6.07) is 8.03. The average molecular weight is 250 g/mol. The van der Waals surface area contributed by atoms with Crippen LogP contribution in [0.4, 0.5) is 0 Å². The molecule has 0 radical (unpaired) electrons. The molecule has 1 saturated heterocycles. The Morgan fingerprint density at radius 1 is 1.47 bits per heavy atom. The Morgan fingerprint density at radius 2 is 2.18 bits per heavy atom. The van der Waals surface area contributed by atoms with Gasteiger partial charge in [0.2, 0.25) is 0 Å². The van der Waals surface area contributed by atoms with E-state index in [2.05, 4.69) is 6.26 Å². The highest BCUT2D eigenvalue weighted by Gasteiger charge is 2.24. The summed E-state index contributed by atoms with van der Waals surface area (Å²) in [4.78, 5) is 14.0. The van der Waals surface area contributed by atoms with Gasteiger partial charge in [0, 0.05) is 30.4 Å². The highest BCUT2D eigenvalue weighted by Crippen LogP contribution is 2.15.